The molecule has 5 nitrogen and oxygen atoms in total. The Labute approximate surface area is 290 Å². The van der Waals surface area contributed by atoms with Gasteiger partial charge in [-0.05, 0) is 140 Å². The maximum absolute atomic E-state index is 5.48. The molecule has 226 valence electrons. The van der Waals surface area contributed by atoms with Crippen LogP contribution >= 0.6 is 22.6 Å². The molecule has 0 aliphatic rings. The summed E-state index contributed by atoms with van der Waals surface area (Å²) in [6.45, 7) is 0. The minimum atomic E-state index is 0.901. The fourth-order valence-electron chi connectivity index (χ4n) is 6.64. The molecule has 0 unspecified atom stereocenters. The van der Waals surface area contributed by atoms with E-state index in [1.54, 1.807) is 0 Å². The fourth-order valence-corrected chi connectivity index (χ4v) is 7.00. The zero-order valence-corrected chi connectivity index (χ0v) is 27.8. The number of rotatable bonds is 5. The quantitative estimate of drug-likeness (QED) is 0.131. The van der Waals surface area contributed by atoms with Crippen LogP contribution in [0.25, 0.3) is 83.0 Å². The highest BCUT2D eigenvalue weighted by Crippen LogP contribution is 2.42. The summed E-state index contributed by atoms with van der Waals surface area (Å²) in [6, 6.07) is 43.2. The largest absolute Gasteiger partial charge is 0.292 e. The van der Waals surface area contributed by atoms with E-state index >= 15 is 0 Å². The zero-order chi connectivity index (χ0) is 32.0. The number of imidazole rings is 1. The Morgan fingerprint density at radius 1 is 0.396 bits per heavy atom. The van der Waals surface area contributed by atoms with Crippen LogP contribution in [-0.4, -0.2) is 24.5 Å². The highest BCUT2D eigenvalue weighted by Gasteiger charge is 2.21. The van der Waals surface area contributed by atoms with Crippen LogP contribution in [0.3, 0.4) is 0 Å². The van der Waals surface area contributed by atoms with Gasteiger partial charge in [0.1, 0.15) is 5.82 Å². The molecule has 6 heteroatoms. The third kappa shape index (κ3) is 4.93. The standard InChI is InChI=1S/C42H26IN5/c43-34-7-9-35(10-8-34)48-41-37-12-6-33(30-17-23-46-24-18-30)26-39(37)38-25-32(29-15-21-45-22-16-29)5-11-36(38)40(41)47-42(48)31-3-1-27(2-4-31)28-13-19-44-20-14-28/h1-26H. The molecular weight excluding hydrogens is 701 g/mol. The van der Waals surface area contributed by atoms with Crippen molar-refractivity contribution >= 4 is 55.2 Å². The van der Waals surface area contributed by atoms with E-state index in [-0.39, 0.29) is 0 Å². The first-order valence-corrected chi connectivity index (χ1v) is 16.8. The predicted molar refractivity (Wildman–Crippen MR) is 204 cm³/mol. The van der Waals surface area contributed by atoms with Crippen molar-refractivity contribution in [2.45, 2.75) is 0 Å². The van der Waals surface area contributed by atoms with Crippen molar-refractivity contribution in [1.29, 1.82) is 0 Å². The van der Waals surface area contributed by atoms with Crippen LogP contribution in [0.15, 0.2) is 159 Å². The number of aromatic nitrogens is 5. The number of benzene rings is 5. The van der Waals surface area contributed by atoms with Crippen molar-refractivity contribution in [2.75, 3.05) is 0 Å². The summed E-state index contributed by atoms with van der Waals surface area (Å²) < 4.78 is 3.52. The summed E-state index contributed by atoms with van der Waals surface area (Å²) in [7, 11) is 0. The van der Waals surface area contributed by atoms with Gasteiger partial charge in [0.05, 0.1) is 11.0 Å². The van der Waals surface area contributed by atoms with Crippen molar-refractivity contribution in [1.82, 2.24) is 24.5 Å². The van der Waals surface area contributed by atoms with Crippen LogP contribution in [0, 0.1) is 3.57 Å². The van der Waals surface area contributed by atoms with Crippen molar-refractivity contribution < 1.29 is 0 Å². The molecule has 48 heavy (non-hydrogen) atoms. The highest BCUT2D eigenvalue weighted by molar-refractivity contribution is 14.1. The zero-order valence-electron chi connectivity index (χ0n) is 25.6. The van der Waals surface area contributed by atoms with E-state index in [1.165, 1.54) is 8.96 Å². The number of hydrogen-bond acceptors (Lipinski definition) is 4. The summed E-state index contributed by atoms with van der Waals surface area (Å²) in [5.41, 5.74) is 11.0. The summed E-state index contributed by atoms with van der Waals surface area (Å²) in [4.78, 5) is 18.2. The summed E-state index contributed by atoms with van der Waals surface area (Å²) in [5.74, 6) is 0.901. The van der Waals surface area contributed by atoms with Crippen molar-refractivity contribution in [3.63, 3.8) is 0 Å². The van der Waals surface area contributed by atoms with Crippen LogP contribution in [0.1, 0.15) is 0 Å². The number of halogens is 1. The summed E-state index contributed by atoms with van der Waals surface area (Å²) >= 11 is 2.37. The lowest BCUT2D eigenvalue weighted by Crippen LogP contribution is -1.98. The molecule has 0 spiro atoms. The van der Waals surface area contributed by atoms with Gasteiger partial charge in [-0.3, -0.25) is 19.5 Å². The van der Waals surface area contributed by atoms with Crippen LogP contribution in [0.4, 0.5) is 0 Å². The second-order valence-electron chi connectivity index (χ2n) is 11.8. The maximum Gasteiger partial charge on any atom is 0.145 e. The smallest absolute Gasteiger partial charge is 0.145 e. The van der Waals surface area contributed by atoms with Crippen molar-refractivity contribution in [3.05, 3.63) is 162 Å². The molecule has 0 saturated heterocycles. The molecule has 5 aromatic carbocycles. The van der Waals surface area contributed by atoms with Crippen LogP contribution in [0.5, 0.6) is 0 Å². The topological polar surface area (TPSA) is 56.5 Å². The van der Waals surface area contributed by atoms with Gasteiger partial charge in [-0.15, -0.1) is 0 Å². The Kier molecular flexibility index (Phi) is 7.01. The third-order valence-electron chi connectivity index (χ3n) is 8.99. The van der Waals surface area contributed by atoms with Gasteiger partial charge >= 0.3 is 0 Å². The molecule has 0 saturated carbocycles. The summed E-state index contributed by atoms with van der Waals surface area (Å²) in [5, 5.41) is 4.59. The SMILES string of the molecule is Ic1ccc(-n2c(-c3ccc(-c4ccncc4)cc3)nc3c4ccc(-c5ccncc5)cc4c4cc(-c5ccncc5)ccc4c32)cc1. The molecule has 0 radical (unpaired) electrons. The average molecular weight is 728 g/mol. The molecule has 0 aliphatic carbocycles. The van der Waals surface area contributed by atoms with Crippen LogP contribution < -0.4 is 0 Å². The van der Waals surface area contributed by atoms with Gasteiger partial charge in [0.25, 0.3) is 0 Å². The Bertz CT molecular complexity index is 2580. The van der Waals surface area contributed by atoms with E-state index in [0.717, 1.165) is 77.6 Å². The van der Waals surface area contributed by atoms with Crippen molar-refractivity contribution in [2.24, 2.45) is 0 Å². The Morgan fingerprint density at radius 2 is 0.833 bits per heavy atom. The van der Waals surface area contributed by atoms with Crippen molar-refractivity contribution in [3.8, 4) is 50.5 Å². The first-order valence-electron chi connectivity index (χ1n) is 15.7. The van der Waals surface area contributed by atoms with Gasteiger partial charge in [-0.25, -0.2) is 4.98 Å². The van der Waals surface area contributed by atoms with Crippen LogP contribution in [-0.2, 0) is 0 Å². The second-order valence-corrected chi connectivity index (χ2v) is 13.0. The normalized spacial score (nSPS) is 11.4. The van der Waals surface area contributed by atoms with Gasteiger partial charge < -0.3 is 0 Å². The van der Waals surface area contributed by atoms with Gasteiger partial charge in [0.15, 0.2) is 0 Å². The molecule has 0 N–H and O–H groups in total. The molecule has 0 atom stereocenters. The number of pyridine rings is 3. The molecular formula is C42H26IN5. The van der Waals surface area contributed by atoms with E-state index in [1.807, 2.05) is 49.3 Å². The van der Waals surface area contributed by atoms with Gasteiger partial charge in [-0.2, -0.15) is 0 Å². The molecule has 4 aromatic heterocycles. The van der Waals surface area contributed by atoms with E-state index in [0.29, 0.717) is 0 Å². The van der Waals surface area contributed by atoms with E-state index in [9.17, 15) is 0 Å². The predicted octanol–water partition coefficient (Wildman–Crippen LogP) is 10.8. The Balaban J connectivity index is 1.37. The number of hydrogen-bond donors (Lipinski definition) is 0. The molecule has 0 bridgehead atoms. The number of fused-ring (bicyclic) bond motifs is 6. The fraction of sp³-hybridized carbons (Fsp3) is 0. The lowest BCUT2D eigenvalue weighted by molar-refractivity contribution is 1.10. The van der Waals surface area contributed by atoms with E-state index in [2.05, 4.69) is 151 Å². The van der Waals surface area contributed by atoms with Gasteiger partial charge in [0, 0.05) is 62.8 Å². The molecule has 0 aliphatic heterocycles. The minimum Gasteiger partial charge on any atom is -0.292 e. The third-order valence-corrected chi connectivity index (χ3v) is 9.71. The minimum absolute atomic E-state index is 0.901. The Hall–Kier alpha value is -5.73. The second kappa shape index (κ2) is 11.8. The van der Waals surface area contributed by atoms with Gasteiger partial charge in [-0.1, -0.05) is 48.5 Å². The first-order chi connectivity index (χ1) is 23.7. The molecule has 4 heterocycles. The van der Waals surface area contributed by atoms with E-state index < -0.39 is 0 Å². The Morgan fingerprint density at radius 3 is 1.40 bits per heavy atom. The van der Waals surface area contributed by atoms with Crippen LogP contribution in [0.2, 0.25) is 0 Å². The van der Waals surface area contributed by atoms with E-state index in [4.69, 9.17) is 4.98 Å². The molecule has 0 fully saturated rings. The van der Waals surface area contributed by atoms with Gasteiger partial charge in [0.2, 0.25) is 0 Å². The first kappa shape index (κ1) is 28.5. The monoisotopic (exact) mass is 727 g/mol. The molecule has 0 amide bonds. The highest BCUT2D eigenvalue weighted by atomic mass is 127. The number of nitrogens with zero attached hydrogens (tertiary/aromatic N) is 5. The molecule has 9 rings (SSSR count). The summed E-state index contributed by atoms with van der Waals surface area (Å²) in [6.07, 6.45) is 11.0. The molecule has 9 aromatic rings. The maximum atomic E-state index is 5.48. The lowest BCUT2D eigenvalue weighted by atomic mass is 9.93. The average Bonchev–Trinajstić information content (AvgIpc) is 3.57. The lowest BCUT2D eigenvalue weighted by Gasteiger charge is -2.14.